The van der Waals surface area contributed by atoms with Crippen molar-refractivity contribution in [3.63, 3.8) is 0 Å². The molecule has 0 spiro atoms. The number of hydrogen-bond donors (Lipinski definition) is 0. The van der Waals surface area contributed by atoms with Crippen LogP contribution in [0.2, 0.25) is 0 Å². The molecule has 0 aromatic rings. The molecule has 112 valence electrons. The smallest absolute Gasteiger partial charge is 0.144 e. The molecule has 0 saturated carbocycles. The van der Waals surface area contributed by atoms with Crippen molar-refractivity contribution < 1.29 is 29.6 Å². The Balaban J connectivity index is 2.15. The van der Waals surface area contributed by atoms with Gasteiger partial charge in [0.05, 0.1) is 27.3 Å². The molecular weight excluding hydrogens is 271 g/mol. The zero-order valence-corrected chi connectivity index (χ0v) is 12.6. The first-order valence-electron chi connectivity index (χ1n) is 7.08. The standard InChI is InChI=1S/C12H23O6P/c1-8(2)15-6-12-7-16-10(5-17-12)11(12)18-19(13,14)9(3)4/h8-11H,5-7H2,1-4H3,(H,13,14)/p-1/t10-,11+,12+/m1/s1/i5T/t5-,10+,11-,12-/m0. The summed E-state index contributed by atoms with van der Waals surface area (Å²) < 4.78 is 41.7. The molecule has 2 fully saturated rings. The minimum atomic E-state index is -4.01. The topological polar surface area (TPSA) is 77.0 Å². The van der Waals surface area contributed by atoms with Gasteiger partial charge >= 0.3 is 0 Å². The lowest BCUT2D eigenvalue weighted by Crippen LogP contribution is -2.47. The van der Waals surface area contributed by atoms with E-state index in [2.05, 4.69) is 0 Å². The first-order chi connectivity index (χ1) is 9.18. The summed E-state index contributed by atoms with van der Waals surface area (Å²) >= 11 is 0. The Morgan fingerprint density at radius 1 is 1.53 bits per heavy atom. The van der Waals surface area contributed by atoms with Crippen LogP contribution < -0.4 is 4.89 Å². The highest BCUT2D eigenvalue weighted by molar-refractivity contribution is 7.52. The monoisotopic (exact) mass is 295 g/mol. The third kappa shape index (κ3) is 3.04. The van der Waals surface area contributed by atoms with Crippen molar-refractivity contribution in [2.45, 2.75) is 57.3 Å². The summed E-state index contributed by atoms with van der Waals surface area (Å²) in [4.78, 5) is 12.0. The highest BCUT2D eigenvalue weighted by Gasteiger charge is 2.59. The molecule has 0 amide bonds. The van der Waals surface area contributed by atoms with Crippen LogP contribution in [0.25, 0.3) is 0 Å². The summed E-state index contributed by atoms with van der Waals surface area (Å²) in [6.07, 6.45) is -1.53. The fourth-order valence-corrected chi connectivity index (χ4v) is 2.89. The van der Waals surface area contributed by atoms with E-state index in [0.29, 0.717) is 0 Å². The van der Waals surface area contributed by atoms with E-state index in [0.717, 1.165) is 0 Å². The van der Waals surface area contributed by atoms with Gasteiger partial charge in [0.15, 0.2) is 0 Å². The van der Waals surface area contributed by atoms with Crippen LogP contribution in [0.5, 0.6) is 0 Å². The van der Waals surface area contributed by atoms with Crippen LogP contribution in [0.15, 0.2) is 0 Å². The van der Waals surface area contributed by atoms with E-state index in [1.807, 2.05) is 13.8 Å². The lowest BCUT2D eigenvalue weighted by Gasteiger charge is -2.35. The number of rotatable bonds is 6. The zero-order chi connectivity index (χ0) is 15.1. The molecule has 2 aliphatic heterocycles. The fraction of sp³-hybridized carbons (Fsp3) is 1.00. The summed E-state index contributed by atoms with van der Waals surface area (Å²) in [6.45, 7) is 6.25. The van der Waals surface area contributed by atoms with Gasteiger partial charge in [0.1, 0.15) is 25.4 Å². The minimum Gasteiger partial charge on any atom is -0.778 e. The molecule has 6 nitrogen and oxygen atoms in total. The molecule has 2 heterocycles. The largest absolute Gasteiger partial charge is 0.778 e. The zero-order valence-electron chi connectivity index (χ0n) is 12.7. The van der Waals surface area contributed by atoms with Gasteiger partial charge in [0.2, 0.25) is 0 Å². The Hall–Kier alpha value is 0.0300. The van der Waals surface area contributed by atoms with Crippen LogP contribution >= 0.6 is 7.60 Å². The first-order valence-corrected chi connectivity index (χ1v) is 8.11. The Morgan fingerprint density at radius 2 is 2.21 bits per heavy atom. The molecule has 2 bridgehead atoms. The highest BCUT2D eigenvalue weighted by Crippen LogP contribution is 2.50. The number of fused-ring (bicyclic) bond motifs is 2. The molecule has 7 heteroatoms. The van der Waals surface area contributed by atoms with Crippen molar-refractivity contribution in [3.8, 4) is 0 Å². The van der Waals surface area contributed by atoms with E-state index in [4.69, 9.17) is 20.1 Å². The predicted molar refractivity (Wildman–Crippen MR) is 67.1 cm³/mol. The normalized spacial score (nSPS) is 41.8. The number of hydrogen-bond acceptors (Lipinski definition) is 6. The van der Waals surface area contributed by atoms with Crippen LogP contribution in [-0.2, 0) is 23.3 Å². The summed E-state index contributed by atoms with van der Waals surface area (Å²) in [5.41, 5.74) is -1.63. The second-order valence-corrected chi connectivity index (χ2v) is 7.94. The average molecular weight is 295 g/mol. The average Bonchev–Trinajstić information content (AvgIpc) is 2.77. The van der Waals surface area contributed by atoms with Gasteiger partial charge in [0, 0.05) is 5.66 Å². The van der Waals surface area contributed by atoms with Crippen LogP contribution in [0.3, 0.4) is 0 Å². The molecule has 19 heavy (non-hydrogen) atoms. The second-order valence-electron chi connectivity index (χ2n) is 5.61. The van der Waals surface area contributed by atoms with Crippen molar-refractivity contribution >= 4 is 7.60 Å². The van der Waals surface area contributed by atoms with Gasteiger partial charge < -0.3 is 28.2 Å². The van der Waals surface area contributed by atoms with Gasteiger partial charge in [-0.2, -0.15) is 0 Å². The molecule has 0 aromatic carbocycles. The summed E-state index contributed by atoms with van der Waals surface area (Å²) in [7, 11) is -4.01. The van der Waals surface area contributed by atoms with Gasteiger partial charge in [-0.15, -0.1) is 0 Å². The molecule has 1 unspecified atom stereocenters. The van der Waals surface area contributed by atoms with E-state index < -0.39 is 37.6 Å². The van der Waals surface area contributed by atoms with Gasteiger partial charge in [-0.05, 0) is 13.8 Å². The second kappa shape index (κ2) is 5.43. The molecule has 0 aliphatic carbocycles. The predicted octanol–water partition coefficient (Wildman–Crippen LogP) is 0.926. The third-order valence-corrected chi connectivity index (χ3v) is 5.11. The maximum atomic E-state index is 12.0. The Labute approximate surface area is 115 Å². The summed E-state index contributed by atoms with van der Waals surface area (Å²) in [5.74, 6) is 0. The van der Waals surface area contributed by atoms with E-state index in [1.165, 1.54) is 0 Å². The molecule has 0 aromatic heterocycles. The van der Waals surface area contributed by atoms with Gasteiger partial charge in [-0.1, -0.05) is 13.8 Å². The summed E-state index contributed by atoms with van der Waals surface area (Å²) in [6, 6.07) is 0. The molecule has 0 radical (unpaired) electrons. The van der Waals surface area contributed by atoms with Gasteiger partial charge in [-0.3, -0.25) is 0 Å². The third-order valence-electron chi connectivity index (χ3n) is 3.33. The van der Waals surface area contributed by atoms with Crippen LogP contribution in [0, 0.1) is 0 Å². The molecular formula is C12H22O6P-. The quantitative estimate of drug-likeness (QED) is 0.678. The maximum absolute atomic E-state index is 12.0. The molecule has 2 aliphatic rings. The highest BCUT2D eigenvalue weighted by atomic mass is 31.2. The van der Waals surface area contributed by atoms with Crippen molar-refractivity contribution in [2.75, 3.05) is 19.8 Å². The van der Waals surface area contributed by atoms with Crippen molar-refractivity contribution in [1.82, 2.24) is 0 Å². The molecule has 0 N–H and O–H groups in total. The van der Waals surface area contributed by atoms with E-state index in [1.54, 1.807) is 13.8 Å². The maximum Gasteiger partial charge on any atom is 0.144 e. The van der Waals surface area contributed by atoms with Gasteiger partial charge in [-0.25, -0.2) is 0 Å². The number of ether oxygens (including phenoxy) is 3. The molecule has 2 rings (SSSR count). The van der Waals surface area contributed by atoms with Crippen molar-refractivity contribution in [2.24, 2.45) is 0 Å². The minimum absolute atomic E-state index is 0.0263. The van der Waals surface area contributed by atoms with E-state index >= 15 is 0 Å². The Morgan fingerprint density at radius 3 is 2.74 bits per heavy atom. The van der Waals surface area contributed by atoms with Crippen LogP contribution in [0.1, 0.15) is 29.1 Å². The van der Waals surface area contributed by atoms with Crippen molar-refractivity contribution in [3.05, 3.63) is 0 Å². The van der Waals surface area contributed by atoms with Crippen molar-refractivity contribution in [1.29, 1.82) is 0 Å². The van der Waals surface area contributed by atoms with Crippen LogP contribution in [-0.4, -0.2) is 49.4 Å². The Bertz CT molecular complexity index is 403. The molecule has 5 atom stereocenters. The van der Waals surface area contributed by atoms with E-state index in [9.17, 15) is 9.46 Å². The van der Waals surface area contributed by atoms with E-state index in [-0.39, 0.29) is 19.3 Å². The lowest BCUT2D eigenvalue weighted by atomic mass is 10.0. The Kier molecular flexibility index (Phi) is 4.00. The first kappa shape index (κ1) is 14.0. The summed E-state index contributed by atoms with van der Waals surface area (Å²) in [5, 5.41) is 0. The fourth-order valence-electron chi connectivity index (χ4n) is 2.02. The molecule has 2 saturated heterocycles. The van der Waals surface area contributed by atoms with Crippen LogP contribution in [0.4, 0.5) is 0 Å². The SMILES string of the molecule is [3H][C@@H]1O[C@@]2(COC(C)C)CO[C@H]1[C@@H]2OP(=O)([O-])C(C)C. The lowest BCUT2D eigenvalue weighted by molar-refractivity contribution is -0.210. The van der Waals surface area contributed by atoms with Gasteiger partial charge in [0.25, 0.3) is 0 Å².